The molecule has 0 heterocycles. The first-order valence-electron chi connectivity index (χ1n) is 5.88. The molecule has 0 bridgehead atoms. The number of ether oxygens (including phenoxy) is 2. The van der Waals surface area contributed by atoms with Gasteiger partial charge in [0.15, 0.2) is 0 Å². The second-order valence-electron chi connectivity index (χ2n) is 3.99. The zero-order valence-corrected chi connectivity index (χ0v) is 12.6. The summed E-state index contributed by atoms with van der Waals surface area (Å²) in [5.74, 6) is -0.466. The SMILES string of the molecule is CCOC(=O)c1cc(NC(=S)OC(C)C)ccc1Cl. The maximum absolute atomic E-state index is 11.7. The third-order valence-electron chi connectivity index (χ3n) is 2.05. The van der Waals surface area contributed by atoms with Crippen molar-refractivity contribution in [3.8, 4) is 0 Å². The molecule has 1 rings (SSSR count). The third kappa shape index (κ3) is 5.04. The molecule has 0 aromatic heterocycles. The number of nitrogens with one attached hydrogen (secondary N) is 1. The van der Waals surface area contributed by atoms with Gasteiger partial charge in [-0.05, 0) is 51.2 Å². The van der Waals surface area contributed by atoms with Crippen molar-refractivity contribution >= 4 is 40.7 Å². The smallest absolute Gasteiger partial charge is 0.339 e. The molecule has 0 aliphatic heterocycles. The van der Waals surface area contributed by atoms with Crippen LogP contribution >= 0.6 is 23.8 Å². The van der Waals surface area contributed by atoms with Crippen LogP contribution < -0.4 is 5.32 Å². The standard InChI is InChI=1S/C13H16ClNO3S/c1-4-17-12(16)10-7-9(5-6-11(10)14)15-13(19)18-8(2)3/h5-8H,4H2,1-3H3,(H,15,19). The fourth-order valence-electron chi connectivity index (χ4n) is 1.33. The largest absolute Gasteiger partial charge is 0.468 e. The van der Waals surface area contributed by atoms with E-state index in [2.05, 4.69) is 5.32 Å². The topological polar surface area (TPSA) is 47.6 Å². The maximum Gasteiger partial charge on any atom is 0.339 e. The number of esters is 1. The molecule has 19 heavy (non-hydrogen) atoms. The molecule has 4 nitrogen and oxygen atoms in total. The second-order valence-corrected chi connectivity index (χ2v) is 4.77. The fraction of sp³-hybridized carbons (Fsp3) is 0.385. The molecule has 1 N–H and O–H groups in total. The minimum Gasteiger partial charge on any atom is -0.468 e. The number of thiocarbonyl (C=S) groups is 1. The summed E-state index contributed by atoms with van der Waals surface area (Å²) in [7, 11) is 0. The number of hydrogen-bond acceptors (Lipinski definition) is 4. The van der Waals surface area contributed by atoms with Crippen LogP contribution in [0.4, 0.5) is 5.69 Å². The molecule has 6 heteroatoms. The average Bonchev–Trinajstić information content (AvgIpc) is 2.30. The van der Waals surface area contributed by atoms with Crippen LogP contribution in [-0.2, 0) is 9.47 Å². The van der Waals surface area contributed by atoms with Gasteiger partial charge >= 0.3 is 5.97 Å². The highest BCUT2D eigenvalue weighted by Gasteiger charge is 2.13. The van der Waals surface area contributed by atoms with E-state index < -0.39 is 5.97 Å². The van der Waals surface area contributed by atoms with Crippen LogP contribution in [-0.4, -0.2) is 23.9 Å². The lowest BCUT2D eigenvalue weighted by molar-refractivity contribution is 0.0526. The van der Waals surface area contributed by atoms with E-state index >= 15 is 0 Å². The summed E-state index contributed by atoms with van der Waals surface area (Å²) in [6, 6.07) is 4.89. The highest BCUT2D eigenvalue weighted by molar-refractivity contribution is 7.80. The monoisotopic (exact) mass is 301 g/mol. The Bertz CT molecular complexity index is 477. The molecular formula is C13H16ClNO3S. The van der Waals surface area contributed by atoms with Gasteiger partial charge in [0.05, 0.1) is 23.3 Å². The lowest BCUT2D eigenvalue weighted by Gasteiger charge is -2.13. The van der Waals surface area contributed by atoms with Crippen LogP contribution in [0.15, 0.2) is 18.2 Å². The van der Waals surface area contributed by atoms with E-state index in [1.807, 2.05) is 13.8 Å². The predicted octanol–water partition coefficient (Wildman–Crippen LogP) is 3.64. The van der Waals surface area contributed by atoms with Crippen LogP contribution in [0.2, 0.25) is 5.02 Å². The van der Waals surface area contributed by atoms with E-state index in [4.69, 9.17) is 33.3 Å². The number of rotatable bonds is 4. The molecule has 0 unspecified atom stereocenters. The Morgan fingerprint density at radius 2 is 2.16 bits per heavy atom. The maximum atomic E-state index is 11.7. The third-order valence-corrected chi connectivity index (χ3v) is 2.58. The number of carbonyl (C=O) groups excluding carboxylic acids is 1. The summed E-state index contributed by atoms with van der Waals surface area (Å²) in [4.78, 5) is 11.7. The molecular weight excluding hydrogens is 286 g/mol. The first-order chi connectivity index (χ1) is 8.93. The van der Waals surface area contributed by atoms with Gasteiger partial charge in [-0.1, -0.05) is 11.6 Å². The van der Waals surface area contributed by atoms with Crippen LogP contribution in [0.25, 0.3) is 0 Å². The summed E-state index contributed by atoms with van der Waals surface area (Å²) in [5.41, 5.74) is 0.916. The summed E-state index contributed by atoms with van der Waals surface area (Å²) >= 11 is 11.0. The molecule has 0 spiro atoms. The Morgan fingerprint density at radius 3 is 2.74 bits per heavy atom. The van der Waals surface area contributed by atoms with Gasteiger partial charge in [-0.15, -0.1) is 0 Å². The van der Waals surface area contributed by atoms with Gasteiger partial charge in [0.25, 0.3) is 5.17 Å². The average molecular weight is 302 g/mol. The Kier molecular flexibility index (Phi) is 6.05. The number of hydrogen-bond donors (Lipinski definition) is 1. The quantitative estimate of drug-likeness (QED) is 0.679. The molecule has 0 fully saturated rings. The predicted molar refractivity (Wildman–Crippen MR) is 79.9 cm³/mol. The van der Waals surface area contributed by atoms with Crippen LogP contribution in [0, 0.1) is 0 Å². The van der Waals surface area contributed by atoms with Crippen molar-refractivity contribution in [2.75, 3.05) is 11.9 Å². The number of benzene rings is 1. The number of halogens is 1. The van der Waals surface area contributed by atoms with Crippen LogP contribution in [0.5, 0.6) is 0 Å². The Morgan fingerprint density at radius 1 is 1.47 bits per heavy atom. The summed E-state index contributed by atoms with van der Waals surface area (Å²) < 4.78 is 10.2. The fourth-order valence-corrected chi connectivity index (χ4v) is 1.83. The Balaban J connectivity index is 2.84. The van der Waals surface area contributed by atoms with Crippen molar-refractivity contribution in [3.63, 3.8) is 0 Å². The Hall–Kier alpha value is -1.33. The van der Waals surface area contributed by atoms with E-state index in [9.17, 15) is 4.79 Å². The van der Waals surface area contributed by atoms with E-state index in [1.165, 1.54) is 0 Å². The molecule has 0 saturated carbocycles. The van der Waals surface area contributed by atoms with Gasteiger partial charge in [0.2, 0.25) is 0 Å². The Labute approximate surface area is 123 Å². The van der Waals surface area contributed by atoms with E-state index in [0.717, 1.165) is 0 Å². The zero-order chi connectivity index (χ0) is 14.4. The normalized spacial score (nSPS) is 10.2. The summed E-state index contributed by atoms with van der Waals surface area (Å²) in [6.45, 7) is 5.78. The lowest BCUT2D eigenvalue weighted by Crippen LogP contribution is -2.18. The van der Waals surface area contributed by atoms with Crippen molar-refractivity contribution in [2.24, 2.45) is 0 Å². The van der Waals surface area contributed by atoms with Crippen molar-refractivity contribution in [2.45, 2.75) is 26.9 Å². The van der Waals surface area contributed by atoms with Crippen LogP contribution in [0.1, 0.15) is 31.1 Å². The first-order valence-corrected chi connectivity index (χ1v) is 6.67. The molecule has 0 aliphatic carbocycles. The van der Waals surface area contributed by atoms with E-state index in [0.29, 0.717) is 22.9 Å². The highest BCUT2D eigenvalue weighted by Crippen LogP contribution is 2.21. The molecule has 0 aliphatic rings. The summed E-state index contributed by atoms with van der Waals surface area (Å²) in [6.07, 6.45) is -0.0168. The van der Waals surface area contributed by atoms with Crippen molar-refractivity contribution in [3.05, 3.63) is 28.8 Å². The second kappa shape index (κ2) is 7.31. The minimum absolute atomic E-state index is 0.0168. The molecule has 1 aromatic carbocycles. The molecule has 1 aromatic rings. The van der Waals surface area contributed by atoms with Crippen molar-refractivity contribution in [1.82, 2.24) is 0 Å². The van der Waals surface area contributed by atoms with Gasteiger partial charge in [-0.2, -0.15) is 0 Å². The van der Waals surface area contributed by atoms with Crippen molar-refractivity contribution < 1.29 is 14.3 Å². The molecule has 0 atom stereocenters. The van der Waals surface area contributed by atoms with Gasteiger partial charge in [0.1, 0.15) is 0 Å². The number of carbonyl (C=O) groups is 1. The van der Waals surface area contributed by atoms with Crippen LogP contribution in [0.3, 0.4) is 0 Å². The van der Waals surface area contributed by atoms with Gasteiger partial charge in [-0.3, -0.25) is 0 Å². The van der Waals surface area contributed by atoms with E-state index in [-0.39, 0.29) is 11.3 Å². The first kappa shape index (κ1) is 15.7. The van der Waals surface area contributed by atoms with Gasteiger partial charge < -0.3 is 14.8 Å². The van der Waals surface area contributed by atoms with Gasteiger partial charge in [-0.25, -0.2) is 4.79 Å². The molecule has 0 amide bonds. The molecule has 0 saturated heterocycles. The van der Waals surface area contributed by atoms with Gasteiger partial charge in [0, 0.05) is 5.69 Å². The zero-order valence-electron chi connectivity index (χ0n) is 11.0. The number of anilines is 1. The molecule has 104 valence electrons. The lowest BCUT2D eigenvalue weighted by atomic mass is 10.2. The van der Waals surface area contributed by atoms with Crippen molar-refractivity contribution in [1.29, 1.82) is 0 Å². The highest BCUT2D eigenvalue weighted by atomic mass is 35.5. The minimum atomic E-state index is -0.466. The van der Waals surface area contributed by atoms with E-state index in [1.54, 1.807) is 25.1 Å². The molecule has 0 radical (unpaired) electrons. The summed E-state index contributed by atoms with van der Waals surface area (Å²) in [5, 5.41) is 3.46.